The van der Waals surface area contributed by atoms with Gasteiger partial charge in [0.1, 0.15) is 12.6 Å². The number of carbonyl (C=O) groups excluding carboxylic acids is 2. The maximum atomic E-state index is 12.9. The van der Waals surface area contributed by atoms with Gasteiger partial charge in [0, 0.05) is 12.8 Å². The number of hydrogen-bond donors (Lipinski definition) is 3. The Labute approximate surface area is 349 Å². The smallest absolute Gasteiger partial charge is 0.322 e. The fourth-order valence-electron chi connectivity index (χ4n) is 12.7. The van der Waals surface area contributed by atoms with Crippen molar-refractivity contribution in [3.05, 3.63) is 12.2 Å². The number of fused-ring (bicyclic) bond motifs is 5. The number of amides is 1. The van der Waals surface area contributed by atoms with Crippen molar-refractivity contribution in [3.63, 3.8) is 0 Å². The van der Waals surface area contributed by atoms with Gasteiger partial charge >= 0.3 is 11.9 Å². The molecule has 0 bridgehead atoms. The SMILES string of the molecule is CCCCCCCCCC/C=C\CCCCCCCCCCCC(=O)OC1CCC2(C)C(CCC3C2CC(O)C2(C)C(C(C)CCC(=O)NCC(=O)O)CCC32)C1. The summed E-state index contributed by atoms with van der Waals surface area (Å²) in [6, 6.07) is 0. The fourth-order valence-corrected chi connectivity index (χ4v) is 12.7. The van der Waals surface area contributed by atoms with E-state index >= 15 is 0 Å². The van der Waals surface area contributed by atoms with Gasteiger partial charge in [0.05, 0.1) is 6.10 Å². The lowest BCUT2D eigenvalue weighted by Gasteiger charge is -2.62. The van der Waals surface area contributed by atoms with Gasteiger partial charge in [-0.3, -0.25) is 14.4 Å². The molecule has 4 rings (SSSR count). The molecule has 57 heavy (non-hydrogen) atoms. The largest absolute Gasteiger partial charge is 0.480 e. The first-order valence-corrected chi connectivity index (χ1v) is 24.5. The summed E-state index contributed by atoms with van der Waals surface area (Å²) < 4.78 is 6.13. The number of ether oxygens (including phenoxy) is 1. The van der Waals surface area contributed by atoms with E-state index in [1.165, 1.54) is 122 Å². The topological polar surface area (TPSA) is 113 Å². The lowest BCUT2D eigenvalue weighted by molar-refractivity contribution is -0.181. The van der Waals surface area contributed by atoms with Crippen LogP contribution in [0, 0.1) is 46.3 Å². The molecule has 328 valence electrons. The Balaban J connectivity index is 1.04. The van der Waals surface area contributed by atoms with Crippen LogP contribution in [0.5, 0.6) is 0 Å². The van der Waals surface area contributed by atoms with Crippen LogP contribution in [-0.2, 0) is 19.1 Å². The standard InChI is InChI=1S/C50H87NO6/c1-5-6-7-8-9-10-11-12-13-14-15-16-17-18-19-20-21-22-23-24-25-26-48(56)57-40-33-34-49(3)39(35-40)28-29-41-43-31-30-42(50(43,4)45(52)36-44(41)49)38(2)27-32-46(53)51-37-47(54)55/h14-15,38-45,52H,5-13,16-37H2,1-4H3,(H,51,53)(H,54,55)/b15-14-. The van der Waals surface area contributed by atoms with Gasteiger partial charge in [0.15, 0.2) is 0 Å². The molecule has 0 radical (unpaired) electrons. The summed E-state index contributed by atoms with van der Waals surface area (Å²) in [5.41, 5.74) is 0.0428. The van der Waals surface area contributed by atoms with Gasteiger partial charge in [-0.25, -0.2) is 0 Å². The molecule has 0 aliphatic heterocycles. The molecule has 10 atom stereocenters. The third kappa shape index (κ3) is 14.4. The van der Waals surface area contributed by atoms with Gasteiger partial charge in [0.2, 0.25) is 5.91 Å². The van der Waals surface area contributed by atoms with Crippen molar-refractivity contribution in [2.45, 2.75) is 233 Å². The van der Waals surface area contributed by atoms with Crippen LogP contribution in [0.3, 0.4) is 0 Å². The molecule has 1 amide bonds. The lowest BCUT2D eigenvalue weighted by atomic mass is 9.43. The van der Waals surface area contributed by atoms with Crippen molar-refractivity contribution < 1.29 is 29.3 Å². The molecule has 4 aliphatic rings. The maximum Gasteiger partial charge on any atom is 0.322 e. The third-order valence-electron chi connectivity index (χ3n) is 16.2. The van der Waals surface area contributed by atoms with Crippen molar-refractivity contribution in [3.8, 4) is 0 Å². The third-order valence-corrected chi connectivity index (χ3v) is 16.2. The number of hydrogen-bond acceptors (Lipinski definition) is 5. The van der Waals surface area contributed by atoms with E-state index in [-0.39, 0.29) is 41.5 Å². The Morgan fingerprint density at radius 3 is 1.95 bits per heavy atom. The van der Waals surface area contributed by atoms with Gasteiger partial charge in [-0.05, 0) is 136 Å². The zero-order valence-electron chi connectivity index (χ0n) is 37.2. The average Bonchev–Trinajstić information content (AvgIpc) is 3.55. The lowest BCUT2D eigenvalue weighted by Crippen LogP contribution is -2.59. The zero-order valence-corrected chi connectivity index (χ0v) is 37.2. The molecule has 0 aromatic rings. The number of aliphatic hydroxyl groups excluding tert-OH is 1. The molecule has 4 saturated carbocycles. The molecule has 4 aliphatic carbocycles. The van der Waals surface area contributed by atoms with Crippen molar-refractivity contribution in [1.29, 1.82) is 0 Å². The summed E-state index contributed by atoms with van der Waals surface area (Å²) in [5.74, 6) is 1.61. The highest BCUT2D eigenvalue weighted by molar-refractivity contribution is 5.81. The number of carboxylic acids is 1. The summed E-state index contributed by atoms with van der Waals surface area (Å²) in [5, 5.41) is 23.3. The summed E-state index contributed by atoms with van der Waals surface area (Å²) in [6.45, 7) is 9.00. The number of aliphatic hydroxyl groups is 1. The van der Waals surface area contributed by atoms with Crippen LogP contribution in [0.1, 0.15) is 220 Å². The highest BCUT2D eigenvalue weighted by atomic mass is 16.5. The van der Waals surface area contributed by atoms with Gasteiger partial charge in [-0.1, -0.05) is 130 Å². The van der Waals surface area contributed by atoms with Gasteiger partial charge < -0.3 is 20.3 Å². The van der Waals surface area contributed by atoms with E-state index in [9.17, 15) is 19.5 Å². The Hall–Kier alpha value is -1.89. The molecule has 0 saturated heterocycles. The Kier molecular flexibility index (Phi) is 21.0. The van der Waals surface area contributed by atoms with Crippen molar-refractivity contribution in [2.75, 3.05) is 6.54 Å². The van der Waals surface area contributed by atoms with Gasteiger partial charge in [0.25, 0.3) is 0 Å². The normalized spacial score (nSPS) is 31.4. The molecule has 3 N–H and O–H groups in total. The Bertz CT molecular complexity index is 1220. The quantitative estimate of drug-likeness (QED) is 0.0413. The predicted octanol–water partition coefficient (Wildman–Crippen LogP) is 12.5. The number of rotatable bonds is 28. The second-order valence-electron chi connectivity index (χ2n) is 20.0. The zero-order chi connectivity index (χ0) is 41.1. The van der Waals surface area contributed by atoms with Gasteiger partial charge in [-0.15, -0.1) is 0 Å². The number of aliphatic carboxylic acids is 1. The summed E-state index contributed by atoms with van der Waals surface area (Å²) in [6.07, 6.45) is 39.5. The van der Waals surface area contributed by atoms with E-state index in [2.05, 4.69) is 45.2 Å². The first kappa shape index (κ1) is 47.8. The summed E-state index contributed by atoms with van der Waals surface area (Å²) >= 11 is 0. The van der Waals surface area contributed by atoms with E-state index < -0.39 is 5.97 Å². The van der Waals surface area contributed by atoms with Crippen LogP contribution in [0.2, 0.25) is 0 Å². The van der Waals surface area contributed by atoms with Crippen LogP contribution in [-0.4, -0.2) is 46.8 Å². The van der Waals surface area contributed by atoms with E-state index in [0.717, 1.165) is 57.8 Å². The minimum Gasteiger partial charge on any atom is -0.480 e. The van der Waals surface area contributed by atoms with E-state index in [0.29, 0.717) is 48.3 Å². The van der Waals surface area contributed by atoms with Gasteiger partial charge in [-0.2, -0.15) is 0 Å². The monoisotopic (exact) mass is 798 g/mol. The first-order valence-electron chi connectivity index (χ1n) is 24.5. The summed E-state index contributed by atoms with van der Waals surface area (Å²) in [7, 11) is 0. The van der Waals surface area contributed by atoms with Crippen LogP contribution >= 0.6 is 0 Å². The average molecular weight is 798 g/mol. The number of esters is 1. The number of nitrogens with one attached hydrogen (secondary N) is 1. The number of unbranched alkanes of at least 4 members (excludes halogenated alkanes) is 17. The van der Waals surface area contributed by atoms with Crippen molar-refractivity contribution >= 4 is 17.8 Å². The number of allylic oxidation sites excluding steroid dienone is 2. The highest BCUT2D eigenvalue weighted by Crippen LogP contribution is 2.68. The molecule has 0 aromatic heterocycles. The van der Waals surface area contributed by atoms with Crippen LogP contribution < -0.4 is 5.32 Å². The second kappa shape index (κ2) is 25.0. The molecular weight excluding hydrogens is 711 g/mol. The van der Waals surface area contributed by atoms with Crippen LogP contribution in [0.25, 0.3) is 0 Å². The molecule has 10 unspecified atom stereocenters. The summed E-state index contributed by atoms with van der Waals surface area (Å²) in [4.78, 5) is 36.0. The fraction of sp³-hybridized carbons (Fsp3) is 0.900. The molecular formula is C50H87NO6. The minimum absolute atomic E-state index is 0.00140. The molecule has 0 heterocycles. The number of carboxylic acid groups (broad SMARTS) is 1. The maximum absolute atomic E-state index is 12.9. The van der Waals surface area contributed by atoms with E-state index in [4.69, 9.17) is 9.84 Å². The van der Waals surface area contributed by atoms with E-state index in [1.54, 1.807) is 0 Å². The second-order valence-corrected chi connectivity index (χ2v) is 20.0. The van der Waals surface area contributed by atoms with Crippen molar-refractivity contribution in [1.82, 2.24) is 5.32 Å². The van der Waals surface area contributed by atoms with E-state index in [1.807, 2.05) is 0 Å². The minimum atomic E-state index is -1.02. The molecule has 7 nitrogen and oxygen atoms in total. The van der Waals surface area contributed by atoms with Crippen LogP contribution in [0.15, 0.2) is 12.2 Å². The molecule has 0 aromatic carbocycles. The first-order chi connectivity index (χ1) is 27.5. The Morgan fingerprint density at radius 1 is 0.737 bits per heavy atom. The Morgan fingerprint density at radius 2 is 1.33 bits per heavy atom. The van der Waals surface area contributed by atoms with Crippen molar-refractivity contribution in [2.24, 2.45) is 46.3 Å². The predicted molar refractivity (Wildman–Crippen MR) is 233 cm³/mol. The molecule has 7 heteroatoms. The highest BCUT2D eigenvalue weighted by Gasteiger charge is 2.63. The van der Waals surface area contributed by atoms with Crippen LogP contribution in [0.4, 0.5) is 0 Å². The number of carbonyl (C=O) groups is 3. The molecule has 4 fully saturated rings. The molecule has 0 spiro atoms.